The number of likely N-dealkylation sites (N-methyl/N-ethyl adjacent to an activating group) is 1. The third-order valence-corrected chi connectivity index (χ3v) is 7.21. The maximum Gasteiger partial charge on any atom is 0.429 e. The molecule has 2 aliphatic rings. The lowest BCUT2D eigenvalue weighted by molar-refractivity contribution is -0.198. The first-order valence-corrected chi connectivity index (χ1v) is 13.5. The fourth-order valence-corrected chi connectivity index (χ4v) is 5.23. The van der Waals surface area contributed by atoms with Gasteiger partial charge >= 0.3 is 12.1 Å². The van der Waals surface area contributed by atoms with Crippen LogP contribution >= 0.6 is 11.6 Å². The minimum atomic E-state index is -4.77. The standard InChI is InChI=1S/C28H32ClF3N4O4/c1-2-34-23(26(37)38)12-16-5-7-17(8-6-16)22-14-24(36-27(33)35-22)40-25(28(30,31)32)20-10-9-19(29)13-21(20)18-4-3-11-39-15-18/h4,7,9-10,13-14,16,23,25,34H,2-3,5-6,8,11-12,15H2,1H3,(H,37,38)(H2,33,35,36)/t16?,23-,25+/m0/s1. The van der Waals surface area contributed by atoms with Crippen LogP contribution in [0, 0.1) is 5.92 Å². The van der Waals surface area contributed by atoms with Gasteiger partial charge in [-0.1, -0.05) is 36.7 Å². The number of nitrogens with two attached hydrogens (primary N) is 1. The first-order chi connectivity index (χ1) is 19.0. The van der Waals surface area contributed by atoms with Crippen molar-refractivity contribution in [3.63, 3.8) is 0 Å². The lowest BCUT2D eigenvalue weighted by Crippen LogP contribution is -2.38. The molecule has 0 radical (unpaired) electrons. The number of alkyl halides is 3. The number of aromatic nitrogens is 2. The van der Waals surface area contributed by atoms with Crippen molar-refractivity contribution in [1.82, 2.24) is 15.3 Å². The first-order valence-electron chi connectivity index (χ1n) is 13.1. The van der Waals surface area contributed by atoms with E-state index in [1.165, 1.54) is 24.3 Å². The van der Waals surface area contributed by atoms with Crippen LogP contribution in [0.1, 0.15) is 62.0 Å². The molecule has 1 aliphatic heterocycles. The van der Waals surface area contributed by atoms with Crippen molar-refractivity contribution in [2.45, 2.75) is 57.3 Å². The zero-order valence-corrected chi connectivity index (χ0v) is 22.8. The fraction of sp³-hybridized carbons (Fsp3) is 0.464. The maximum atomic E-state index is 14.4. The number of ether oxygens (including phenoxy) is 2. The molecule has 12 heteroatoms. The molecule has 2 aromatic rings. The zero-order valence-electron chi connectivity index (χ0n) is 22.0. The quantitative estimate of drug-likeness (QED) is 0.321. The number of aliphatic carboxylic acids is 1. The van der Waals surface area contributed by atoms with Crippen LogP contribution in [0.25, 0.3) is 11.1 Å². The van der Waals surface area contributed by atoms with E-state index in [-0.39, 0.29) is 29.9 Å². The topological polar surface area (TPSA) is 120 Å². The number of nitrogen functional groups attached to an aromatic ring is 1. The van der Waals surface area contributed by atoms with E-state index in [0.717, 1.165) is 5.57 Å². The predicted molar refractivity (Wildman–Crippen MR) is 146 cm³/mol. The van der Waals surface area contributed by atoms with Crippen LogP contribution in [0.15, 0.2) is 36.4 Å². The van der Waals surface area contributed by atoms with Crippen molar-refractivity contribution in [3.8, 4) is 5.88 Å². The normalized spacial score (nSPS) is 19.4. The highest BCUT2D eigenvalue weighted by Crippen LogP contribution is 2.41. The van der Waals surface area contributed by atoms with Gasteiger partial charge in [0.15, 0.2) is 0 Å². The van der Waals surface area contributed by atoms with Gasteiger partial charge in [-0.05, 0) is 73.4 Å². The van der Waals surface area contributed by atoms with E-state index in [4.69, 9.17) is 26.8 Å². The third-order valence-electron chi connectivity index (χ3n) is 6.98. The average molecular weight is 581 g/mol. The molecule has 0 saturated heterocycles. The minimum absolute atomic E-state index is 0.110. The maximum absolute atomic E-state index is 14.4. The van der Waals surface area contributed by atoms with Crippen molar-refractivity contribution in [2.24, 2.45) is 5.92 Å². The summed E-state index contributed by atoms with van der Waals surface area (Å²) in [6.07, 6.45) is -0.406. The van der Waals surface area contributed by atoms with E-state index in [1.54, 1.807) is 0 Å². The lowest BCUT2D eigenvalue weighted by Gasteiger charge is -2.26. The van der Waals surface area contributed by atoms with Gasteiger partial charge in [0.05, 0.1) is 18.9 Å². The monoisotopic (exact) mass is 580 g/mol. The highest BCUT2D eigenvalue weighted by Gasteiger charge is 2.45. The van der Waals surface area contributed by atoms with Gasteiger partial charge in [-0.15, -0.1) is 0 Å². The predicted octanol–water partition coefficient (Wildman–Crippen LogP) is 5.83. The Kier molecular flexibility index (Phi) is 9.70. The molecule has 0 saturated carbocycles. The molecule has 0 amide bonds. The summed E-state index contributed by atoms with van der Waals surface area (Å²) in [5, 5.41) is 12.7. The second kappa shape index (κ2) is 13.0. The number of anilines is 1. The van der Waals surface area contributed by atoms with Crippen LogP contribution in [0.2, 0.25) is 5.02 Å². The number of benzene rings is 1. The molecular weight excluding hydrogens is 549 g/mol. The Balaban J connectivity index is 1.59. The Hall–Kier alpha value is -3.15. The van der Waals surface area contributed by atoms with E-state index in [9.17, 15) is 23.1 Å². The van der Waals surface area contributed by atoms with Gasteiger partial charge < -0.3 is 25.6 Å². The smallest absolute Gasteiger partial charge is 0.429 e. The molecule has 2 heterocycles. The molecule has 3 atom stereocenters. The Bertz CT molecular complexity index is 1280. The third kappa shape index (κ3) is 7.52. The van der Waals surface area contributed by atoms with E-state index >= 15 is 0 Å². The van der Waals surface area contributed by atoms with Gasteiger partial charge in [0.25, 0.3) is 0 Å². The van der Waals surface area contributed by atoms with Crippen LogP contribution in [0.3, 0.4) is 0 Å². The molecule has 40 heavy (non-hydrogen) atoms. The summed E-state index contributed by atoms with van der Waals surface area (Å²) in [7, 11) is 0. The summed E-state index contributed by atoms with van der Waals surface area (Å²) in [5.74, 6) is -1.26. The second-order valence-corrected chi connectivity index (χ2v) is 10.3. The van der Waals surface area contributed by atoms with Gasteiger partial charge in [-0.2, -0.15) is 18.2 Å². The molecule has 4 rings (SSSR count). The fourth-order valence-electron chi connectivity index (χ4n) is 5.06. The summed E-state index contributed by atoms with van der Waals surface area (Å²) in [4.78, 5) is 19.7. The number of carboxylic acid groups (broad SMARTS) is 1. The number of halogens is 4. The van der Waals surface area contributed by atoms with Gasteiger partial charge in [-0.3, -0.25) is 4.79 Å². The molecule has 1 aromatic carbocycles. The molecule has 1 aliphatic carbocycles. The number of nitrogens with zero attached hydrogens (tertiary/aromatic N) is 2. The molecular formula is C28H32ClF3N4O4. The number of hydrogen-bond acceptors (Lipinski definition) is 7. The number of allylic oxidation sites excluding steroid dienone is 2. The Morgan fingerprint density at radius 2 is 2.08 bits per heavy atom. The lowest BCUT2D eigenvalue weighted by atomic mass is 9.84. The molecule has 0 fully saturated rings. The molecule has 216 valence electrons. The second-order valence-electron chi connectivity index (χ2n) is 9.85. The van der Waals surface area contributed by atoms with Crippen LogP contribution < -0.4 is 15.8 Å². The van der Waals surface area contributed by atoms with Crippen LogP contribution in [0.5, 0.6) is 5.88 Å². The number of carbonyl (C=O) groups is 1. The van der Waals surface area contributed by atoms with E-state index < -0.39 is 24.3 Å². The Morgan fingerprint density at radius 1 is 1.27 bits per heavy atom. The Morgan fingerprint density at radius 3 is 2.70 bits per heavy atom. The highest BCUT2D eigenvalue weighted by molar-refractivity contribution is 6.30. The SMILES string of the molecule is CCN[C@@H](CC1CC=C(c2cc(O[C@H](c3ccc(Cl)cc3C3=CCCOC3)C(F)(F)F)nc(N)n2)CC1)C(=O)O. The summed E-state index contributed by atoms with van der Waals surface area (Å²) in [5.41, 5.74) is 7.86. The molecule has 8 nitrogen and oxygen atoms in total. The van der Waals surface area contributed by atoms with E-state index in [2.05, 4.69) is 15.3 Å². The molecule has 1 aromatic heterocycles. The number of nitrogens with one attached hydrogen (secondary N) is 1. The van der Waals surface area contributed by atoms with Gasteiger partial charge in [-0.25, -0.2) is 4.98 Å². The first kappa shape index (κ1) is 29.8. The van der Waals surface area contributed by atoms with Gasteiger partial charge in [0.2, 0.25) is 17.9 Å². The number of hydrogen-bond donors (Lipinski definition) is 3. The Labute approximate surface area is 235 Å². The number of carboxylic acids is 1. The van der Waals surface area contributed by atoms with Crippen molar-refractivity contribution in [1.29, 1.82) is 0 Å². The summed E-state index contributed by atoms with van der Waals surface area (Å²) >= 11 is 6.15. The van der Waals surface area contributed by atoms with Crippen molar-refractivity contribution >= 4 is 34.7 Å². The average Bonchev–Trinajstić information content (AvgIpc) is 2.91. The van der Waals surface area contributed by atoms with Crippen LogP contribution in [-0.4, -0.2) is 53.0 Å². The molecule has 4 N–H and O–H groups in total. The molecule has 0 spiro atoms. The largest absolute Gasteiger partial charge is 0.480 e. The van der Waals surface area contributed by atoms with Crippen molar-refractivity contribution < 1.29 is 32.5 Å². The van der Waals surface area contributed by atoms with Gasteiger partial charge in [0.1, 0.15) is 6.04 Å². The van der Waals surface area contributed by atoms with E-state index in [1.807, 2.05) is 19.1 Å². The highest BCUT2D eigenvalue weighted by atomic mass is 35.5. The van der Waals surface area contributed by atoms with Crippen LogP contribution in [-0.2, 0) is 9.53 Å². The molecule has 1 unspecified atom stereocenters. The van der Waals surface area contributed by atoms with Crippen molar-refractivity contribution in [2.75, 3.05) is 25.5 Å². The summed E-state index contributed by atoms with van der Waals surface area (Å²) in [6, 6.07) is 4.90. The van der Waals surface area contributed by atoms with Crippen molar-refractivity contribution in [3.05, 3.63) is 58.3 Å². The zero-order chi connectivity index (χ0) is 28.9. The summed E-state index contributed by atoms with van der Waals surface area (Å²) < 4.78 is 54.2. The summed E-state index contributed by atoms with van der Waals surface area (Å²) in [6.45, 7) is 3.07. The van der Waals surface area contributed by atoms with E-state index in [0.29, 0.717) is 67.1 Å². The minimum Gasteiger partial charge on any atom is -0.480 e. The van der Waals surface area contributed by atoms with Crippen LogP contribution in [0.4, 0.5) is 19.1 Å². The van der Waals surface area contributed by atoms with Gasteiger partial charge in [0, 0.05) is 16.7 Å². The molecule has 0 bridgehead atoms. The number of rotatable bonds is 10.